The molecule has 0 unspecified atom stereocenters. The summed E-state index contributed by atoms with van der Waals surface area (Å²) in [7, 11) is 1.44. The van der Waals surface area contributed by atoms with Gasteiger partial charge in [0, 0.05) is 49.7 Å². The van der Waals surface area contributed by atoms with Gasteiger partial charge in [0.1, 0.15) is 11.5 Å². The molecule has 1 radical (unpaired) electrons. The van der Waals surface area contributed by atoms with Crippen molar-refractivity contribution in [3.63, 3.8) is 0 Å². The fourth-order valence-corrected chi connectivity index (χ4v) is 3.95. The monoisotopic (exact) mass is 363 g/mol. The molecule has 4 nitrogen and oxygen atoms in total. The van der Waals surface area contributed by atoms with Gasteiger partial charge in [0.15, 0.2) is 0 Å². The minimum atomic E-state index is 0.810. The van der Waals surface area contributed by atoms with Gasteiger partial charge in [-0.2, -0.15) is 0 Å². The molecule has 0 N–H and O–H groups in total. The second-order valence-corrected chi connectivity index (χ2v) is 7.42. The number of hydrogen-bond acceptors (Lipinski definition) is 4. The maximum Gasteiger partial charge on any atom is 0.658 e. The highest BCUT2D eigenvalue weighted by Gasteiger charge is 2.13. The summed E-state index contributed by atoms with van der Waals surface area (Å²) in [4.78, 5) is 4.86. The Balaban J connectivity index is 1.32. The molecule has 4 rings (SSSR count). The molecule has 0 spiro atoms. The Morgan fingerprint density at radius 1 is 0.593 bits per heavy atom. The van der Waals surface area contributed by atoms with E-state index in [-0.39, 0.29) is 0 Å². The van der Waals surface area contributed by atoms with Crippen LogP contribution in [0.3, 0.4) is 0 Å². The Labute approximate surface area is 163 Å². The summed E-state index contributed by atoms with van der Waals surface area (Å²) >= 11 is 0. The van der Waals surface area contributed by atoms with Gasteiger partial charge in [-0.15, -0.1) is 0 Å². The van der Waals surface area contributed by atoms with Crippen LogP contribution in [0, 0.1) is 0 Å². The first-order chi connectivity index (χ1) is 13.4. The number of rotatable bonds is 6. The van der Waals surface area contributed by atoms with E-state index in [9.17, 15) is 0 Å². The fraction of sp³-hybridized carbons (Fsp3) is 0.455. The zero-order valence-corrected chi connectivity index (χ0v) is 16.0. The van der Waals surface area contributed by atoms with Gasteiger partial charge in [0.2, 0.25) is 0 Å². The van der Waals surface area contributed by atoms with Crippen molar-refractivity contribution in [2.45, 2.75) is 38.5 Å². The molecule has 27 heavy (non-hydrogen) atoms. The minimum absolute atomic E-state index is 0.810. The smallest absolute Gasteiger partial charge is 0.526 e. The topological polar surface area (TPSA) is 24.9 Å². The maximum atomic E-state index is 5.74. The van der Waals surface area contributed by atoms with Crippen molar-refractivity contribution >= 4 is 19.1 Å². The zero-order valence-electron chi connectivity index (χ0n) is 16.0. The highest BCUT2D eigenvalue weighted by atomic mass is 16.6. The lowest BCUT2D eigenvalue weighted by atomic mass is 10.1. The standard InChI is InChI=1S/C22H28BN2O2/c1-3-13-24(14-4-1)19-9-7-11-21(17-19)26-23-27-22-12-8-10-20(18-22)25-15-5-2-6-16-25/h7-12,17-18H,1-6,13-16H2. The van der Waals surface area contributed by atoms with Gasteiger partial charge in [0.25, 0.3) is 0 Å². The Hall–Kier alpha value is -2.30. The van der Waals surface area contributed by atoms with Crippen LogP contribution in [0.4, 0.5) is 11.4 Å². The van der Waals surface area contributed by atoms with Gasteiger partial charge in [-0.05, 0) is 62.8 Å². The van der Waals surface area contributed by atoms with Crippen LogP contribution in [0.5, 0.6) is 11.5 Å². The fourth-order valence-electron chi connectivity index (χ4n) is 3.95. The van der Waals surface area contributed by atoms with Crippen LogP contribution in [-0.4, -0.2) is 33.9 Å². The van der Waals surface area contributed by atoms with Crippen molar-refractivity contribution in [2.75, 3.05) is 36.0 Å². The summed E-state index contributed by atoms with van der Waals surface area (Å²) in [5.74, 6) is 1.62. The number of piperidine rings is 2. The first kappa shape index (κ1) is 18.1. The van der Waals surface area contributed by atoms with Crippen molar-refractivity contribution in [3.8, 4) is 11.5 Å². The Morgan fingerprint density at radius 3 is 1.48 bits per heavy atom. The predicted octanol–water partition coefficient (Wildman–Crippen LogP) is 4.66. The Bertz CT molecular complexity index is 666. The molecule has 2 aromatic carbocycles. The molecule has 2 saturated heterocycles. The van der Waals surface area contributed by atoms with Crippen LogP contribution in [-0.2, 0) is 0 Å². The van der Waals surface area contributed by atoms with E-state index in [4.69, 9.17) is 9.31 Å². The highest BCUT2D eigenvalue weighted by Crippen LogP contribution is 2.26. The summed E-state index contributed by atoms with van der Waals surface area (Å²) in [6, 6.07) is 16.5. The Kier molecular flexibility index (Phi) is 6.08. The molecule has 2 aliphatic heterocycles. The molecule has 0 saturated carbocycles. The molecule has 0 bridgehead atoms. The maximum absolute atomic E-state index is 5.74. The molecule has 2 heterocycles. The van der Waals surface area contributed by atoms with Gasteiger partial charge in [-0.3, -0.25) is 0 Å². The predicted molar refractivity (Wildman–Crippen MR) is 112 cm³/mol. The lowest BCUT2D eigenvalue weighted by Gasteiger charge is -2.29. The molecule has 2 aromatic rings. The third-order valence-electron chi connectivity index (χ3n) is 5.45. The molecule has 0 atom stereocenters. The molecule has 0 aromatic heterocycles. The number of hydrogen-bond donors (Lipinski definition) is 0. The molecular formula is C22H28BN2O2. The third kappa shape index (κ3) is 4.91. The van der Waals surface area contributed by atoms with E-state index in [1.807, 2.05) is 24.3 Å². The van der Waals surface area contributed by atoms with E-state index >= 15 is 0 Å². The van der Waals surface area contributed by atoms with Gasteiger partial charge >= 0.3 is 7.69 Å². The van der Waals surface area contributed by atoms with Crippen LogP contribution in [0.25, 0.3) is 0 Å². The van der Waals surface area contributed by atoms with Crippen LogP contribution >= 0.6 is 0 Å². The van der Waals surface area contributed by atoms with Crippen LogP contribution in [0.15, 0.2) is 48.5 Å². The van der Waals surface area contributed by atoms with Crippen molar-refractivity contribution in [3.05, 3.63) is 48.5 Å². The van der Waals surface area contributed by atoms with Crippen LogP contribution in [0.1, 0.15) is 38.5 Å². The van der Waals surface area contributed by atoms with Crippen LogP contribution < -0.4 is 19.1 Å². The van der Waals surface area contributed by atoms with Gasteiger partial charge in [0.05, 0.1) is 0 Å². The largest absolute Gasteiger partial charge is 0.658 e. The molecule has 0 aliphatic carbocycles. The second-order valence-electron chi connectivity index (χ2n) is 7.42. The molecule has 2 aliphatic rings. The molecule has 141 valence electrons. The Morgan fingerprint density at radius 2 is 1.04 bits per heavy atom. The normalized spacial score (nSPS) is 17.5. The van der Waals surface area contributed by atoms with Gasteiger partial charge < -0.3 is 19.1 Å². The van der Waals surface area contributed by atoms with E-state index < -0.39 is 0 Å². The van der Waals surface area contributed by atoms with E-state index in [0.717, 1.165) is 37.7 Å². The van der Waals surface area contributed by atoms with Crippen molar-refractivity contribution < 1.29 is 9.31 Å². The van der Waals surface area contributed by atoms with Crippen molar-refractivity contribution in [2.24, 2.45) is 0 Å². The molecule has 2 fully saturated rings. The average molecular weight is 363 g/mol. The number of anilines is 2. The SMILES string of the molecule is [B](Oc1cccc(N2CCCCC2)c1)Oc1cccc(N2CCCCC2)c1. The summed E-state index contributed by atoms with van der Waals surface area (Å²) in [6.07, 6.45) is 7.76. The first-order valence-corrected chi connectivity index (χ1v) is 10.2. The second kappa shape index (κ2) is 9.07. The highest BCUT2D eigenvalue weighted by molar-refractivity contribution is 6.20. The van der Waals surface area contributed by atoms with Crippen LogP contribution in [0.2, 0.25) is 0 Å². The van der Waals surface area contributed by atoms with Gasteiger partial charge in [-0.25, -0.2) is 0 Å². The van der Waals surface area contributed by atoms with Crippen molar-refractivity contribution in [1.29, 1.82) is 0 Å². The summed E-state index contributed by atoms with van der Waals surface area (Å²) in [5, 5.41) is 0. The minimum Gasteiger partial charge on any atom is -0.526 e. The van der Waals surface area contributed by atoms with Crippen molar-refractivity contribution in [1.82, 2.24) is 0 Å². The molecular weight excluding hydrogens is 335 g/mol. The summed E-state index contributed by atoms with van der Waals surface area (Å²) in [6.45, 7) is 4.53. The quantitative estimate of drug-likeness (QED) is 0.697. The third-order valence-corrected chi connectivity index (χ3v) is 5.45. The first-order valence-electron chi connectivity index (χ1n) is 10.2. The number of benzene rings is 2. The summed E-state index contributed by atoms with van der Waals surface area (Å²) in [5.41, 5.74) is 2.46. The van der Waals surface area contributed by atoms with E-state index in [1.165, 1.54) is 57.6 Å². The molecule has 5 heteroatoms. The zero-order chi connectivity index (χ0) is 18.3. The van der Waals surface area contributed by atoms with E-state index in [1.54, 1.807) is 0 Å². The summed E-state index contributed by atoms with van der Waals surface area (Å²) < 4.78 is 11.5. The average Bonchev–Trinajstić information content (AvgIpc) is 2.75. The van der Waals surface area contributed by atoms with Gasteiger partial charge in [-0.1, -0.05) is 12.1 Å². The number of nitrogens with zero attached hydrogens (tertiary/aromatic N) is 2. The van der Waals surface area contributed by atoms with E-state index in [0.29, 0.717) is 0 Å². The van der Waals surface area contributed by atoms with E-state index in [2.05, 4.69) is 34.1 Å². The lowest BCUT2D eigenvalue weighted by molar-refractivity contribution is 0.458. The molecule has 0 amide bonds. The lowest BCUT2D eigenvalue weighted by Crippen LogP contribution is -2.29.